The van der Waals surface area contributed by atoms with Crippen molar-refractivity contribution in [2.75, 3.05) is 54.0 Å². The van der Waals surface area contributed by atoms with Gasteiger partial charge in [-0.1, -0.05) is 200 Å². The molecule has 0 radical (unpaired) electrons. The van der Waals surface area contributed by atoms with Crippen molar-refractivity contribution in [2.24, 2.45) is 85.2 Å². The molecule has 1 fully saturated rings. The van der Waals surface area contributed by atoms with Gasteiger partial charge in [-0.3, -0.25) is 19.2 Å². The predicted octanol–water partition coefficient (Wildman–Crippen LogP) is 15.9. The second-order valence-corrected chi connectivity index (χ2v) is 36.8. The molecule has 9 N–H and O–H groups in total. The lowest BCUT2D eigenvalue weighted by atomic mass is 9.76. The molecular weight excluding hydrogens is 1230 g/mol. The summed E-state index contributed by atoms with van der Waals surface area (Å²) >= 11 is 0. The molecule has 0 spiro atoms. The second-order valence-electron chi connectivity index (χ2n) is 36.8. The molecule has 0 aromatic rings. The van der Waals surface area contributed by atoms with Crippen molar-refractivity contribution in [3.63, 3.8) is 0 Å². The van der Waals surface area contributed by atoms with Gasteiger partial charge in [-0.2, -0.15) is 0 Å². The average molecular weight is 1390 g/mol. The SMILES string of the molecule is CC(C(=O)O)[N+](C)([O-])CC(C)(C)C.CC(C(C)(C)C)[N+](C)([O-])CC(=O)O.CC(C)(C)C[N+](C)([O-])C1(C(=O)O)CCCC1.CC(C)[C@@H](CCCC(C)(C)C)C(=O)O.CC(C)[C@H](CCCC(C)(C)C)C(=O)O.C[C@@H](C[C@@H](CO)C(C)(C)C)C(=O)O.C[C@@H](C[C@H](CO)C(C)(C)C)C(=O)O. The molecule has 22 heteroatoms. The number of likely N-dealkylation sites (N-methyl/N-ethyl adjacent to an activating group) is 3. The molecule has 0 aromatic heterocycles. The summed E-state index contributed by atoms with van der Waals surface area (Å²) in [6, 6.07) is -1.14. The van der Waals surface area contributed by atoms with Crippen molar-refractivity contribution < 1.29 is 93.5 Å². The van der Waals surface area contributed by atoms with Crippen molar-refractivity contribution in [1.82, 2.24) is 0 Å². The monoisotopic (exact) mass is 1380 g/mol. The third kappa shape index (κ3) is 48.7. The highest BCUT2D eigenvalue weighted by atomic mass is 16.6. The molecule has 22 nitrogen and oxygen atoms in total. The van der Waals surface area contributed by atoms with Gasteiger partial charge < -0.3 is 75.5 Å². The molecule has 0 amide bonds. The Hall–Kier alpha value is -4.03. The van der Waals surface area contributed by atoms with Gasteiger partial charge in [0.1, 0.15) is 0 Å². The van der Waals surface area contributed by atoms with Gasteiger partial charge in [0.2, 0.25) is 0 Å². The Morgan fingerprint density at radius 3 is 0.917 bits per heavy atom. The van der Waals surface area contributed by atoms with Crippen molar-refractivity contribution >= 4 is 41.8 Å². The van der Waals surface area contributed by atoms with E-state index >= 15 is 0 Å². The van der Waals surface area contributed by atoms with Gasteiger partial charge in [0.25, 0.3) is 0 Å². The van der Waals surface area contributed by atoms with E-state index in [1.807, 2.05) is 132 Å². The number of quaternary nitrogens is 3. The summed E-state index contributed by atoms with van der Waals surface area (Å²) in [5.41, 5.74) is -1.00. The first-order chi connectivity index (χ1) is 42.3. The molecule has 11 atom stereocenters. The first-order valence-corrected chi connectivity index (χ1v) is 34.8. The van der Waals surface area contributed by atoms with Crippen LogP contribution in [0.5, 0.6) is 0 Å². The summed E-state index contributed by atoms with van der Waals surface area (Å²) < 4.78 is -2.09. The zero-order valence-corrected chi connectivity index (χ0v) is 66.7. The highest BCUT2D eigenvalue weighted by molar-refractivity contribution is 5.78. The number of hydrogen-bond acceptors (Lipinski definition) is 12. The van der Waals surface area contributed by atoms with Crippen LogP contribution in [0.15, 0.2) is 0 Å². The maximum absolute atomic E-state index is 12.6. The maximum Gasteiger partial charge on any atom is 0.366 e. The highest BCUT2D eigenvalue weighted by Crippen LogP contribution is 2.41. The minimum Gasteiger partial charge on any atom is -0.632 e. The van der Waals surface area contributed by atoms with Gasteiger partial charge in [-0.25, -0.2) is 14.4 Å². The van der Waals surface area contributed by atoms with Crippen molar-refractivity contribution in [3.8, 4) is 0 Å². The minimum atomic E-state index is -1.10. The Labute approximate surface area is 583 Å². The fraction of sp³-hybridized carbons (Fsp3) is 0.905. The largest absolute Gasteiger partial charge is 0.632 e. The summed E-state index contributed by atoms with van der Waals surface area (Å²) in [4.78, 5) is 75.5. The van der Waals surface area contributed by atoms with E-state index in [-0.39, 0.29) is 100 Å². The molecule has 1 aliphatic rings. The van der Waals surface area contributed by atoms with Crippen LogP contribution in [-0.2, 0) is 33.6 Å². The lowest BCUT2D eigenvalue weighted by molar-refractivity contribution is -0.909. The standard InChI is InChI=1S/C12H23NO3.2C12H24O2.2C10H20O3.2C9H19NO3/c1-11(2,3)9-13(4,16)12(10(14)15)7-5-6-8-12;2*1-9(2)10(11(13)14)7-6-8-12(3,4)5;2*1-7(9(12)13)5-8(6-11)10(2,3)4;1-7(8(11)12)10(5,13)6-9(2,3)4;1-7(9(2,3)4)10(5,13)6-8(11)12/h5-9H2,1-4H3,(H,14,15);2*9-10H,6-8H2,1-5H3,(H,13,14);2*7-8,11H,5-6H2,1-4H3,(H,12,13);2*7H,6H2,1-5H3,(H,11,12)/t;2*10-;7-,8+;7-,8-;;/m.1000../s1. The summed E-state index contributed by atoms with van der Waals surface area (Å²) in [7, 11) is 4.33. The van der Waals surface area contributed by atoms with E-state index < -0.39 is 67.3 Å². The lowest BCUT2D eigenvalue weighted by Gasteiger charge is -2.53. The van der Waals surface area contributed by atoms with E-state index in [1.54, 1.807) is 20.8 Å². The fourth-order valence-corrected chi connectivity index (χ4v) is 11.1. The quantitative estimate of drug-likeness (QED) is 0.0272. The average Bonchev–Trinajstić information content (AvgIpc) is 1.49. The van der Waals surface area contributed by atoms with Crippen LogP contribution in [0.25, 0.3) is 0 Å². The zero-order chi connectivity index (χ0) is 78.3. The first-order valence-electron chi connectivity index (χ1n) is 34.8. The Kier molecular flexibility index (Phi) is 46.8. The predicted molar refractivity (Wildman–Crippen MR) is 386 cm³/mol. The van der Waals surface area contributed by atoms with Crippen LogP contribution >= 0.6 is 0 Å². The summed E-state index contributed by atoms with van der Waals surface area (Å²) in [6.45, 7) is 57.7. The van der Waals surface area contributed by atoms with Gasteiger partial charge in [0.05, 0.1) is 63.9 Å². The molecule has 0 aliphatic heterocycles. The maximum atomic E-state index is 12.6. The third-order valence-corrected chi connectivity index (χ3v) is 18.1. The van der Waals surface area contributed by atoms with E-state index in [0.29, 0.717) is 49.6 Å². The Bertz CT molecular complexity index is 2140. The number of aliphatic hydroxyl groups is 2. The summed E-state index contributed by atoms with van der Waals surface area (Å²) in [5, 5.41) is 116. The molecule has 1 aliphatic carbocycles. The van der Waals surface area contributed by atoms with Crippen molar-refractivity contribution in [3.05, 3.63) is 15.6 Å². The molecule has 0 saturated heterocycles. The second kappa shape index (κ2) is 43.6. The van der Waals surface area contributed by atoms with Crippen LogP contribution in [0.1, 0.15) is 278 Å². The highest BCUT2D eigenvalue weighted by Gasteiger charge is 2.53. The number of aliphatic carboxylic acids is 7. The molecule has 1 saturated carbocycles. The van der Waals surface area contributed by atoms with Crippen molar-refractivity contribution in [2.45, 2.75) is 295 Å². The molecule has 0 heterocycles. The molecular formula is C74H149N3O19. The molecule has 0 bridgehead atoms. The van der Waals surface area contributed by atoms with Crippen LogP contribution in [0.4, 0.5) is 0 Å². The number of hydrogen-bond donors (Lipinski definition) is 9. The molecule has 5 unspecified atom stereocenters. The summed E-state index contributed by atoms with van der Waals surface area (Å²) in [6.07, 6.45) is 9.65. The number of hydroxylamine groups is 9. The van der Waals surface area contributed by atoms with E-state index in [9.17, 15) is 54.3 Å². The van der Waals surface area contributed by atoms with Crippen LogP contribution in [-0.4, -0.2) is 173 Å². The topological polar surface area (TPSA) is 371 Å². The van der Waals surface area contributed by atoms with Gasteiger partial charge >= 0.3 is 41.8 Å². The normalized spacial score (nSPS) is 17.9. The molecule has 96 heavy (non-hydrogen) atoms. The Morgan fingerprint density at radius 2 is 0.729 bits per heavy atom. The number of rotatable bonds is 27. The Balaban J connectivity index is -0.000000246. The number of carboxylic acid groups (broad SMARTS) is 7. The first kappa shape index (κ1) is 103. The number of carboxylic acids is 7. The zero-order valence-electron chi connectivity index (χ0n) is 66.7. The van der Waals surface area contributed by atoms with Crippen LogP contribution in [0, 0.1) is 101 Å². The van der Waals surface area contributed by atoms with Crippen LogP contribution in [0.3, 0.4) is 0 Å². The van der Waals surface area contributed by atoms with E-state index in [4.69, 9.17) is 40.9 Å². The smallest absolute Gasteiger partial charge is 0.366 e. The lowest BCUT2D eigenvalue weighted by Crippen LogP contribution is -2.63. The van der Waals surface area contributed by atoms with E-state index in [2.05, 4.69) is 41.5 Å². The summed E-state index contributed by atoms with van der Waals surface area (Å²) in [5.74, 6) is -6.38. The fourth-order valence-electron chi connectivity index (χ4n) is 11.1. The van der Waals surface area contributed by atoms with Gasteiger partial charge in [0.15, 0.2) is 18.1 Å². The molecule has 1 rings (SSSR count). The minimum absolute atomic E-state index is 0.0293. The van der Waals surface area contributed by atoms with E-state index in [1.165, 1.54) is 28.1 Å². The number of aliphatic hydroxyl groups excluding tert-OH is 2. The van der Waals surface area contributed by atoms with Crippen LogP contribution in [0.2, 0.25) is 0 Å². The molecule has 574 valence electrons. The number of carbonyl (C=O) groups is 7. The van der Waals surface area contributed by atoms with Crippen LogP contribution < -0.4 is 0 Å². The van der Waals surface area contributed by atoms with Gasteiger partial charge in [-0.15, -0.1) is 0 Å². The van der Waals surface area contributed by atoms with Crippen molar-refractivity contribution in [1.29, 1.82) is 0 Å². The molecule has 0 aromatic carbocycles. The van der Waals surface area contributed by atoms with E-state index in [0.717, 1.165) is 51.4 Å². The number of nitrogens with zero attached hydrogens (tertiary/aromatic N) is 3. The van der Waals surface area contributed by atoms with Gasteiger partial charge in [-0.05, 0) is 111 Å². The van der Waals surface area contributed by atoms with Gasteiger partial charge in [0, 0.05) is 42.3 Å². The third-order valence-electron chi connectivity index (χ3n) is 18.1. The Morgan fingerprint density at radius 1 is 0.427 bits per heavy atom.